The highest BCUT2D eigenvalue weighted by atomic mass is 16.6. The minimum absolute atomic E-state index is 0.0542. The number of nitrogens with zero attached hydrogens (tertiary/aromatic N) is 2. The molecule has 7 heteroatoms. The molecule has 1 amide bonds. The molecule has 144 valence electrons. The van der Waals surface area contributed by atoms with Crippen LogP contribution in [0.3, 0.4) is 0 Å². The van der Waals surface area contributed by atoms with Gasteiger partial charge in [-0.25, -0.2) is 4.79 Å². The number of hydrogen-bond donors (Lipinski definition) is 1. The van der Waals surface area contributed by atoms with E-state index >= 15 is 0 Å². The number of hydrogen-bond acceptors (Lipinski definition) is 5. The molecule has 1 aromatic rings. The Labute approximate surface area is 154 Å². The van der Waals surface area contributed by atoms with Crippen LogP contribution in [-0.2, 0) is 9.53 Å². The summed E-state index contributed by atoms with van der Waals surface area (Å²) >= 11 is 0. The number of ketones is 1. The highest BCUT2D eigenvalue weighted by molar-refractivity contribution is 5.83. The number of aromatic nitrogens is 2. The van der Waals surface area contributed by atoms with Crippen LogP contribution in [0, 0.1) is 12.8 Å². The highest BCUT2D eigenvalue weighted by Crippen LogP contribution is 2.33. The van der Waals surface area contributed by atoms with E-state index in [4.69, 9.17) is 9.47 Å². The molecule has 2 saturated carbocycles. The predicted molar refractivity (Wildman–Crippen MR) is 96.2 cm³/mol. The minimum atomic E-state index is -0.564. The van der Waals surface area contributed by atoms with Gasteiger partial charge in [0.2, 0.25) is 0 Å². The lowest BCUT2D eigenvalue weighted by Gasteiger charge is -2.25. The number of carbonyl (C=O) groups excluding carboxylic acids is 2. The summed E-state index contributed by atoms with van der Waals surface area (Å²) in [5.41, 5.74) is 0.296. The molecule has 7 nitrogen and oxygen atoms in total. The SMILES string of the molecule is Cc1nn(C2CCC2)cc1OCC1CC(=O)CC1NC(=O)OC(C)(C)C. The van der Waals surface area contributed by atoms with Crippen molar-refractivity contribution in [2.45, 2.75) is 77.5 Å². The third-order valence-electron chi connectivity index (χ3n) is 4.98. The lowest BCUT2D eigenvalue weighted by Crippen LogP contribution is -2.42. The number of alkyl carbamates (subject to hydrolysis) is 1. The number of nitrogens with one attached hydrogen (secondary N) is 1. The molecule has 0 aromatic carbocycles. The molecule has 26 heavy (non-hydrogen) atoms. The Balaban J connectivity index is 1.56. The summed E-state index contributed by atoms with van der Waals surface area (Å²) in [4.78, 5) is 23.9. The summed E-state index contributed by atoms with van der Waals surface area (Å²) < 4.78 is 13.2. The van der Waals surface area contributed by atoms with Crippen LogP contribution in [0.4, 0.5) is 4.79 Å². The molecule has 2 aliphatic carbocycles. The number of rotatable bonds is 5. The molecule has 0 radical (unpaired) electrons. The molecule has 1 N–H and O–H groups in total. The Morgan fingerprint density at radius 3 is 2.69 bits per heavy atom. The zero-order valence-electron chi connectivity index (χ0n) is 16.1. The van der Waals surface area contributed by atoms with Crippen LogP contribution in [0.1, 0.15) is 64.6 Å². The van der Waals surface area contributed by atoms with Gasteiger partial charge in [0.25, 0.3) is 0 Å². The van der Waals surface area contributed by atoms with E-state index in [-0.39, 0.29) is 17.7 Å². The third kappa shape index (κ3) is 4.56. The molecular weight excluding hydrogens is 334 g/mol. The van der Waals surface area contributed by atoms with Crippen LogP contribution in [0.2, 0.25) is 0 Å². The van der Waals surface area contributed by atoms with E-state index in [9.17, 15) is 9.59 Å². The van der Waals surface area contributed by atoms with Crippen LogP contribution in [0.15, 0.2) is 6.20 Å². The van der Waals surface area contributed by atoms with Gasteiger partial charge in [0.15, 0.2) is 5.75 Å². The van der Waals surface area contributed by atoms with Gasteiger partial charge >= 0.3 is 6.09 Å². The quantitative estimate of drug-likeness (QED) is 0.869. The topological polar surface area (TPSA) is 82.5 Å². The summed E-state index contributed by atoms with van der Waals surface area (Å²) in [5.74, 6) is 0.843. The van der Waals surface area contributed by atoms with Crippen molar-refractivity contribution < 1.29 is 19.1 Å². The average molecular weight is 363 g/mol. The monoisotopic (exact) mass is 363 g/mol. The Morgan fingerprint density at radius 1 is 1.35 bits per heavy atom. The second-order valence-electron chi connectivity index (χ2n) is 8.41. The van der Waals surface area contributed by atoms with Crippen molar-refractivity contribution in [3.05, 3.63) is 11.9 Å². The fourth-order valence-corrected chi connectivity index (χ4v) is 3.37. The van der Waals surface area contributed by atoms with Crippen LogP contribution in [0.25, 0.3) is 0 Å². The third-order valence-corrected chi connectivity index (χ3v) is 4.98. The van der Waals surface area contributed by atoms with Crippen molar-refractivity contribution >= 4 is 11.9 Å². The molecule has 0 bridgehead atoms. The van der Waals surface area contributed by atoms with Gasteiger partial charge in [-0.2, -0.15) is 5.10 Å². The lowest BCUT2D eigenvalue weighted by molar-refractivity contribution is -0.117. The van der Waals surface area contributed by atoms with E-state index in [0.717, 1.165) is 11.4 Å². The van der Waals surface area contributed by atoms with Crippen LogP contribution < -0.4 is 10.1 Å². The molecule has 2 atom stereocenters. The zero-order chi connectivity index (χ0) is 18.9. The van der Waals surface area contributed by atoms with Gasteiger partial charge in [-0.1, -0.05) is 0 Å². The summed E-state index contributed by atoms with van der Waals surface area (Å²) in [6, 6.07) is 0.236. The molecule has 0 saturated heterocycles. The normalized spacial score (nSPS) is 23.6. The summed E-state index contributed by atoms with van der Waals surface area (Å²) in [6.07, 6.45) is 5.79. The maximum absolute atomic E-state index is 12.0. The largest absolute Gasteiger partial charge is 0.490 e. The first-order valence-corrected chi connectivity index (χ1v) is 9.41. The van der Waals surface area contributed by atoms with E-state index in [1.54, 1.807) is 0 Å². The number of aryl methyl sites for hydroxylation is 1. The van der Waals surface area contributed by atoms with Gasteiger partial charge < -0.3 is 14.8 Å². The predicted octanol–water partition coefficient (Wildman–Crippen LogP) is 3.17. The lowest BCUT2D eigenvalue weighted by atomic mass is 9.93. The molecule has 0 spiro atoms. The summed E-state index contributed by atoms with van der Waals surface area (Å²) in [5, 5.41) is 7.36. The first kappa shape index (κ1) is 18.7. The zero-order valence-corrected chi connectivity index (χ0v) is 16.1. The Morgan fingerprint density at radius 2 is 2.08 bits per heavy atom. The van der Waals surface area contributed by atoms with Crippen LogP contribution in [0.5, 0.6) is 5.75 Å². The molecule has 2 aliphatic rings. The number of Topliss-reactive ketones (excluding diaryl/α,β-unsaturated/α-hetero) is 1. The highest BCUT2D eigenvalue weighted by Gasteiger charge is 2.35. The first-order valence-electron chi connectivity index (χ1n) is 9.41. The van der Waals surface area contributed by atoms with E-state index < -0.39 is 11.7 Å². The van der Waals surface area contributed by atoms with Crippen molar-refractivity contribution in [1.82, 2.24) is 15.1 Å². The smallest absolute Gasteiger partial charge is 0.407 e. The molecule has 3 rings (SSSR count). The van der Waals surface area contributed by atoms with Crippen molar-refractivity contribution in [2.24, 2.45) is 5.92 Å². The summed E-state index contributed by atoms with van der Waals surface area (Å²) in [7, 11) is 0. The maximum atomic E-state index is 12.0. The Bertz CT molecular complexity index is 673. The second-order valence-corrected chi connectivity index (χ2v) is 8.41. The first-order chi connectivity index (χ1) is 12.2. The average Bonchev–Trinajstić information content (AvgIpc) is 2.95. The van der Waals surface area contributed by atoms with E-state index in [2.05, 4.69) is 10.4 Å². The number of carbonyl (C=O) groups is 2. The summed E-state index contributed by atoms with van der Waals surface area (Å²) in [6.45, 7) is 7.75. The van der Waals surface area contributed by atoms with Gasteiger partial charge in [0.05, 0.1) is 18.8 Å². The van der Waals surface area contributed by atoms with Crippen molar-refractivity contribution in [3.8, 4) is 5.75 Å². The number of ether oxygens (including phenoxy) is 2. The fourth-order valence-electron chi connectivity index (χ4n) is 3.37. The molecule has 1 heterocycles. The Kier molecular flexibility index (Phi) is 5.25. The van der Waals surface area contributed by atoms with Crippen molar-refractivity contribution in [3.63, 3.8) is 0 Å². The van der Waals surface area contributed by atoms with Crippen LogP contribution in [-0.4, -0.2) is 39.9 Å². The van der Waals surface area contributed by atoms with E-state index in [1.807, 2.05) is 38.6 Å². The van der Waals surface area contributed by atoms with Gasteiger partial charge in [-0.15, -0.1) is 0 Å². The van der Waals surface area contributed by atoms with Gasteiger partial charge in [-0.05, 0) is 47.0 Å². The van der Waals surface area contributed by atoms with Crippen molar-refractivity contribution in [1.29, 1.82) is 0 Å². The van der Waals surface area contributed by atoms with Crippen molar-refractivity contribution in [2.75, 3.05) is 6.61 Å². The molecular formula is C19H29N3O4. The van der Waals surface area contributed by atoms with Crippen LogP contribution >= 0.6 is 0 Å². The maximum Gasteiger partial charge on any atom is 0.407 e. The number of amides is 1. The standard InChI is InChI=1S/C19H29N3O4/c1-12-17(10-22(21-12)14-6-5-7-14)25-11-13-8-15(23)9-16(13)20-18(24)26-19(2,3)4/h10,13-14,16H,5-9,11H2,1-4H3,(H,20,24). The van der Waals surface area contributed by atoms with E-state index in [1.165, 1.54) is 19.3 Å². The molecule has 0 aliphatic heterocycles. The van der Waals surface area contributed by atoms with E-state index in [0.29, 0.717) is 25.5 Å². The fraction of sp³-hybridized carbons (Fsp3) is 0.737. The molecule has 2 fully saturated rings. The molecule has 1 aromatic heterocycles. The van der Waals surface area contributed by atoms with Gasteiger partial charge in [0, 0.05) is 24.8 Å². The second kappa shape index (κ2) is 7.29. The Hall–Kier alpha value is -2.05. The van der Waals surface area contributed by atoms with Gasteiger partial charge in [0.1, 0.15) is 17.1 Å². The van der Waals surface area contributed by atoms with Gasteiger partial charge in [-0.3, -0.25) is 9.48 Å². The minimum Gasteiger partial charge on any atom is -0.490 e. The molecule has 2 unspecified atom stereocenters.